The number of hydrogen-bond acceptors (Lipinski definition) is 5. The Morgan fingerprint density at radius 2 is 1.85 bits per heavy atom. The number of benzene rings is 2. The lowest BCUT2D eigenvalue weighted by molar-refractivity contribution is -0.113. The molecule has 132 valence electrons. The third-order valence-corrected chi connectivity index (χ3v) is 5.54. The number of carbonyl (C=O) groups excluding carboxylic acids is 2. The Kier molecular flexibility index (Phi) is 5.25. The molecule has 4 nitrogen and oxygen atoms in total. The summed E-state index contributed by atoms with van der Waals surface area (Å²) in [6, 6.07) is 12.7. The van der Waals surface area contributed by atoms with E-state index in [0.717, 1.165) is 22.4 Å². The molecule has 2 aromatic rings. The molecule has 3 rings (SSSR count). The smallest absolute Gasteiger partial charge is 0.337 e. The number of ether oxygens (including phenoxy) is 1. The molecule has 0 aromatic heterocycles. The van der Waals surface area contributed by atoms with Crippen molar-refractivity contribution < 1.29 is 14.3 Å². The SMILES string of the molecule is COC(=O)c1ccc(/C=C2\SC(=S)N(c3cccc(C)c3C)C2=O)cc1. The molecule has 1 heterocycles. The molecule has 6 heteroatoms. The third-order valence-electron chi connectivity index (χ3n) is 4.24. The van der Waals surface area contributed by atoms with Crippen LogP contribution in [0.5, 0.6) is 0 Å². The molecule has 1 aliphatic heterocycles. The first-order valence-corrected chi connectivity index (χ1v) is 9.17. The summed E-state index contributed by atoms with van der Waals surface area (Å²) >= 11 is 6.71. The Morgan fingerprint density at radius 1 is 1.15 bits per heavy atom. The summed E-state index contributed by atoms with van der Waals surface area (Å²) in [6.07, 6.45) is 1.78. The molecular weight excluding hydrogens is 366 g/mol. The summed E-state index contributed by atoms with van der Waals surface area (Å²) in [5.74, 6) is -0.524. The van der Waals surface area contributed by atoms with Crippen LogP contribution in [-0.4, -0.2) is 23.3 Å². The normalized spacial score (nSPS) is 15.7. The van der Waals surface area contributed by atoms with Crippen molar-refractivity contribution in [2.45, 2.75) is 13.8 Å². The first kappa shape index (κ1) is 18.4. The van der Waals surface area contributed by atoms with Crippen LogP contribution in [0.4, 0.5) is 5.69 Å². The number of amides is 1. The maximum atomic E-state index is 12.9. The lowest BCUT2D eigenvalue weighted by Crippen LogP contribution is -2.28. The van der Waals surface area contributed by atoms with Gasteiger partial charge in [-0.1, -0.05) is 48.2 Å². The van der Waals surface area contributed by atoms with Crippen molar-refractivity contribution in [1.29, 1.82) is 0 Å². The zero-order valence-corrected chi connectivity index (χ0v) is 16.2. The van der Waals surface area contributed by atoms with Gasteiger partial charge in [0.2, 0.25) is 0 Å². The molecule has 0 aliphatic carbocycles. The molecule has 0 atom stereocenters. The Morgan fingerprint density at radius 3 is 2.50 bits per heavy atom. The summed E-state index contributed by atoms with van der Waals surface area (Å²) in [7, 11) is 1.34. The molecule has 2 aromatic carbocycles. The second-order valence-electron chi connectivity index (χ2n) is 5.85. The lowest BCUT2D eigenvalue weighted by Gasteiger charge is -2.18. The highest BCUT2D eigenvalue weighted by molar-refractivity contribution is 8.27. The summed E-state index contributed by atoms with van der Waals surface area (Å²) < 4.78 is 5.20. The van der Waals surface area contributed by atoms with Crippen LogP contribution in [0.15, 0.2) is 47.4 Å². The topological polar surface area (TPSA) is 46.6 Å². The van der Waals surface area contributed by atoms with E-state index in [9.17, 15) is 9.59 Å². The van der Waals surface area contributed by atoms with Gasteiger partial charge in [0.25, 0.3) is 5.91 Å². The highest BCUT2D eigenvalue weighted by Crippen LogP contribution is 2.37. The van der Waals surface area contributed by atoms with E-state index in [1.807, 2.05) is 32.0 Å². The first-order valence-electron chi connectivity index (χ1n) is 7.95. The summed E-state index contributed by atoms with van der Waals surface area (Å²) in [5, 5.41) is 0. The van der Waals surface area contributed by atoms with Gasteiger partial charge in [-0.15, -0.1) is 0 Å². The minimum Gasteiger partial charge on any atom is -0.465 e. The first-order chi connectivity index (χ1) is 12.4. The second kappa shape index (κ2) is 7.43. The lowest BCUT2D eigenvalue weighted by atomic mass is 10.1. The Labute approximate surface area is 161 Å². The highest BCUT2D eigenvalue weighted by Gasteiger charge is 2.34. The average molecular weight is 383 g/mol. The minimum atomic E-state index is -0.391. The number of methoxy groups -OCH3 is 1. The third kappa shape index (κ3) is 3.43. The molecule has 26 heavy (non-hydrogen) atoms. The molecule has 0 unspecified atom stereocenters. The fourth-order valence-electron chi connectivity index (χ4n) is 2.64. The largest absolute Gasteiger partial charge is 0.465 e. The van der Waals surface area contributed by atoms with Gasteiger partial charge in [-0.05, 0) is 54.8 Å². The van der Waals surface area contributed by atoms with E-state index >= 15 is 0 Å². The van der Waals surface area contributed by atoms with Gasteiger partial charge in [0.1, 0.15) is 0 Å². The second-order valence-corrected chi connectivity index (χ2v) is 7.53. The zero-order chi connectivity index (χ0) is 18.8. The number of rotatable bonds is 3. The summed E-state index contributed by atoms with van der Waals surface area (Å²) in [5.41, 5.74) is 4.25. The van der Waals surface area contributed by atoms with E-state index in [0.29, 0.717) is 14.8 Å². The van der Waals surface area contributed by atoms with E-state index in [-0.39, 0.29) is 5.91 Å². The Hall–Kier alpha value is -2.44. The maximum Gasteiger partial charge on any atom is 0.337 e. The summed E-state index contributed by atoms with van der Waals surface area (Å²) in [6.45, 7) is 3.99. The molecule has 1 amide bonds. The number of aryl methyl sites for hydroxylation is 1. The number of hydrogen-bond donors (Lipinski definition) is 0. The zero-order valence-electron chi connectivity index (χ0n) is 14.6. The van der Waals surface area contributed by atoms with Gasteiger partial charge < -0.3 is 4.74 Å². The predicted octanol–water partition coefficient (Wildman–Crippen LogP) is 4.50. The van der Waals surface area contributed by atoms with E-state index in [2.05, 4.69) is 4.74 Å². The predicted molar refractivity (Wildman–Crippen MR) is 109 cm³/mol. The van der Waals surface area contributed by atoms with Crippen LogP contribution in [0.25, 0.3) is 6.08 Å². The fraction of sp³-hybridized carbons (Fsp3) is 0.150. The molecule has 0 radical (unpaired) electrons. The number of nitrogens with zero attached hydrogens (tertiary/aromatic N) is 1. The van der Waals surface area contributed by atoms with E-state index in [1.165, 1.54) is 18.9 Å². The highest BCUT2D eigenvalue weighted by atomic mass is 32.2. The molecule has 0 saturated carbocycles. The molecule has 0 bridgehead atoms. The van der Waals surface area contributed by atoms with Crippen LogP contribution in [-0.2, 0) is 9.53 Å². The van der Waals surface area contributed by atoms with Crippen molar-refractivity contribution in [3.05, 3.63) is 69.6 Å². The van der Waals surface area contributed by atoms with Crippen molar-refractivity contribution in [2.24, 2.45) is 0 Å². The van der Waals surface area contributed by atoms with Gasteiger partial charge in [-0.25, -0.2) is 4.79 Å². The van der Waals surface area contributed by atoms with Crippen LogP contribution in [0.1, 0.15) is 27.0 Å². The average Bonchev–Trinajstić information content (AvgIpc) is 2.91. The molecular formula is C20H17NO3S2. The van der Waals surface area contributed by atoms with Gasteiger partial charge in [-0.2, -0.15) is 0 Å². The van der Waals surface area contributed by atoms with Crippen LogP contribution < -0.4 is 4.90 Å². The van der Waals surface area contributed by atoms with Gasteiger partial charge in [0, 0.05) is 0 Å². The minimum absolute atomic E-state index is 0.134. The fourth-order valence-corrected chi connectivity index (χ4v) is 3.92. The van der Waals surface area contributed by atoms with Crippen LogP contribution >= 0.6 is 24.0 Å². The van der Waals surface area contributed by atoms with Crippen molar-refractivity contribution in [2.75, 3.05) is 12.0 Å². The Bertz CT molecular complexity index is 933. The molecule has 1 aliphatic rings. The number of thioether (sulfide) groups is 1. The van der Waals surface area contributed by atoms with Crippen LogP contribution in [0.3, 0.4) is 0 Å². The quantitative estimate of drug-likeness (QED) is 0.444. The number of carbonyl (C=O) groups is 2. The molecule has 0 spiro atoms. The standard InChI is InChI=1S/C20H17NO3S2/c1-12-5-4-6-16(13(12)2)21-18(22)17(26-20(21)25)11-14-7-9-15(10-8-14)19(23)24-3/h4-11H,1-3H3/b17-11-. The van der Waals surface area contributed by atoms with Crippen molar-refractivity contribution in [3.8, 4) is 0 Å². The van der Waals surface area contributed by atoms with Gasteiger partial charge >= 0.3 is 5.97 Å². The Balaban J connectivity index is 1.90. The summed E-state index contributed by atoms with van der Waals surface area (Å²) in [4.78, 5) is 26.5. The van der Waals surface area contributed by atoms with E-state index in [1.54, 1.807) is 35.2 Å². The number of thiocarbonyl (C=S) groups is 1. The van der Waals surface area contributed by atoms with Crippen molar-refractivity contribution >= 4 is 51.9 Å². The van der Waals surface area contributed by atoms with Gasteiger partial charge in [-0.3, -0.25) is 9.69 Å². The van der Waals surface area contributed by atoms with Gasteiger partial charge in [0.05, 0.1) is 23.3 Å². The molecule has 1 fully saturated rings. The monoisotopic (exact) mass is 383 g/mol. The maximum absolute atomic E-state index is 12.9. The van der Waals surface area contributed by atoms with E-state index in [4.69, 9.17) is 12.2 Å². The van der Waals surface area contributed by atoms with Crippen LogP contribution in [0.2, 0.25) is 0 Å². The van der Waals surface area contributed by atoms with E-state index < -0.39 is 5.97 Å². The number of anilines is 1. The van der Waals surface area contributed by atoms with Crippen LogP contribution in [0, 0.1) is 13.8 Å². The molecule has 1 saturated heterocycles. The number of esters is 1. The molecule has 0 N–H and O–H groups in total. The van der Waals surface area contributed by atoms with Crippen molar-refractivity contribution in [3.63, 3.8) is 0 Å². The van der Waals surface area contributed by atoms with Gasteiger partial charge in [0.15, 0.2) is 4.32 Å². The van der Waals surface area contributed by atoms with Crippen molar-refractivity contribution in [1.82, 2.24) is 0 Å².